The summed E-state index contributed by atoms with van der Waals surface area (Å²) in [5.74, 6) is 1.34. The Labute approximate surface area is 198 Å². The molecular formula is C23H21N5O5S. The van der Waals surface area contributed by atoms with E-state index in [2.05, 4.69) is 31.8 Å². The van der Waals surface area contributed by atoms with Gasteiger partial charge in [-0.3, -0.25) is 19.2 Å². The Morgan fingerprint density at radius 1 is 1.26 bits per heavy atom. The van der Waals surface area contributed by atoms with E-state index in [1.54, 1.807) is 18.2 Å². The van der Waals surface area contributed by atoms with Crippen molar-refractivity contribution in [3.05, 3.63) is 45.5 Å². The maximum Gasteiger partial charge on any atom is 0.287 e. The number of hydrogen-bond donors (Lipinski definition) is 4. The van der Waals surface area contributed by atoms with Gasteiger partial charge >= 0.3 is 0 Å². The Balaban J connectivity index is 1.30. The van der Waals surface area contributed by atoms with Gasteiger partial charge in [-0.1, -0.05) is 12.0 Å². The molecule has 2 aliphatic heterocycles. The molecule has 1 fully saturated rings. The Bertz CT molecular complexity index is 1300. The van der Waals surface area contributed by atoms with Gasteiger partial charge in [0.15, 0.2) is 12.4 Å². The van der Waals surface area contributed by atoms with Gasteiger partial charge < -0.3 is 25.7 Å². The fourth-order valence-corrected chi connectivity index (χ4v) is 6.16. The second-order valence-electron chi connectivity index (χ2n) is 8.27. The molecule has 1 aromatic heterocycles. The smallest absolute Gasteiger partial charge is 0.287 e. The fourth-order valence-electron chi connectivity index (χ4n) is 4.65. The maximum absolute atomic E-state index is 12.9. The van der Waals surface area contributed by atoms with Gasteiger partial charge in [-0.05, 0) is 30.5 Å². The lowest BCUT2D eigenvalue weighted by atomic mass is 9.89. The van der Waals surface area contributed by atoms with Gasteiger partial charge in [0.25, 0.3) is 17.4 Å². The molecule has 11 heteroatoms. The molecule has 10 nitrogen and oxygen atoms in total. The average molecular weight is 480 g/mol. The Kier molecular flexibility index (Phi) is 5.75. The molecule has 0 saturated heterocycles. The second kappa shape index (κ2) is 8.87. The number of nitrogens with zero attached hydrogens (tertiary/aromatic N) is 1. The van der Waals surface area contributed by atoms with Gasteiger partial charge in [0.2, 0.25) is 5.91 Å². The number of benzene rings is 1. The summed E-state index contributed by atoms with van der Waals surface area (Å²) in [6, 6.07) is 5.21. The Morgan fingerprint density at radius 3 is 2.94 bits per heavy atom. The van der Waals surface area contributed by atoms with Crippen LogP contribution in [0, 0.1) is 18.3 Å². The van der Waals surface area contributed by atoms with E-state index in [4.69, 9.17) is 11.2 Å². The van der Waals surface area contributed by atoms with Crippen LogP contribution in [0.25, 0.3) is 0 Å². The molecule has 3 amide bonds. The van der Waals surface area contributed by atoms with E-state index in [-0.39, 0.29) is 54.4 Å². The minimum Gasteiger partial charge on any atom is -0.482 e. The number of aromatic nitrogens is 2. The number of amides is 3. The van der Waals surface area contributed by atoms with Crippen molar-refractivity contribution in [2.24, 2.45) is 5.92 Å². The van der Waals surface area contributed by atoms with Gasteiger partial charge in [0.05, 0.1) is 17.8 Å². The molecule has 4 N–H and O–H groups in total. The molecule has 3 aliphatic rings. The number of aromatic amines is 1. The number of anilines is 1. The van der Waals surface area contributed by atoms with Crippen molar-refractivity contribution in [2.75, 3.05) is 18.5 Å². The maximum atomic E-state index is 12.9. The molecule has 5 rings (SSSR count). The second-order valence-corrected chi connectivity index (χ2v) is 9.50. The highest BCUT2D eigenvalue weighted by Crippen LogP contribution is 2.54. The summed E-state index contributed by atoms with van der Waals surface area (Å²) in [5.41, 5.74) is 1.35. The predicted octanol–water partition coefficient (Wildman–Crippen LogP) is 0.748. The number of ether oxygens (including phenoxy) is 1. The van der Waals surface area contributed by atoms with Crippen LogP contribution in [0.3, 0.4) is 0 Å². The van der Waals surface area contributed by atoms with Crippen LogP contribution in [0.15, 0.2) is 28.0 Å². The normalized spacial score (nSPS) is 21.9. The van der Waals surface area contributed by atoms with Crippen molar-refractivity contribution in [3.63, 3.8) is 0 Å². The van der Waals surface area contributed by atoms with Crippen molar-refractivity contribution < 1.29 is 19.1 Å². The van der Waals surface area contributed by atoms with E-state index < -0.39 is 11.5 Å². The Morgan fingerprint density at radius 2 is 2.12 bits per heavy atom. The number of carbonyl (C=O) groups is 3. The molecular weight excluding hydrogens is 458 g/mol. The van der Waals surface area contributed by atoms with Crippen LogP contribution in [0.4, 0.5) is 5.69 Å². The highest BCUT2D eigenvalue weighted by atomic mass is 32.2. The molecule has 34 heavy (non-hydrogen) atoms. The van der Waals surface area contributed by atoms with Gasteiger partial charge in [-0.15, -0.1) is 18.2 Å². The molecule has 3 atom stereocenters. The lowest BCUT2D eigenvalue weighted by molar-refractivity contribution is -0.125. The van der Waals surface area contributed by atoms with Crippen LogP contribution in [0.5, 0.6) is 5.75 Å². The number of terminal acetylenes is 1. The summed E-state index contributed by atoms with van der Waals surface area (Å²) < 4.78 is 5.33. The van der Waals surface area contributed by atoms with E-state index in [9.17, 15) is 19.2 Å². The number of carbonyl (C=O) groups excluding carboxylic acids is 3. The lowest BCUT2D eigenvalue weighted by Gasteiger charge is -2.18. The third kappa shape index (κ3) is 4.01. The third-order valence-electron chi connectivity index (χ3n) is 6.16. The van der Waals surface area contributed by atoms with Gasteiger partial charge in [-0.25, -0.2) is 4.98 Å². The van der Waals surface area contributed by atoms with Crippen LogP contribution >= 0.6 is 11.8 Å². The van der Waals surface area contributed by atoms with Crippen molar-refractivity contribution >= 4 is 35.2 Å². The SMILES string of the molecule is C#CCNC(=O)C1CCC2Sc3nc(C(=O)NCc4ccc5c(c4)NC(=O)CO5)[nH]c(=O)c3C21. The van der Waals surface area contributed by atoms with Crippen LogP contribution in [0.2, 0.25) is 0 Å². The number of nitrogens with one attached hydrogen (secondary N) is 4. The lowest BCUT2D eigenvalue weighted by Crippen LogP contribution is -2.35. The molecule has 1 aromatic carbocycles. The summed E-state index contributed by atoms with van der Waals surface area (Å²) in [7, 11) is 0. The topological polar surface area (TPSA) is 142 Å². The summed E-state index contributed by atoms with van der Waals surface area (Å²) in [6.45, 7) is 0.277. The molecule has 0 radical (unpaired) electrons. The minimum atomic E-state index is -0.529. The summed E-state index contributed by atoms with van der Waals surface area (Å²) >= 11 is 1.44. The number of thioether (sulfide) groups is 1. The zero-order valence-corrected chi connectivity index (χ0v) is 18.8. The standard InChI is InChI=1S/C23H21N5O5S/c1-2-7-24-20(30)12-4-6-15-17(12)18-21(31)27-19(28-23(18)34-15)22(32)25-9-11-3-5-14-13(8-11)26-16(29)10-33-14/h1,3,5,8,12,15,17H,4,6-7,9-10H2,(H,24,30)(H,25,32)(H,26,29)(H,27,28,31). The number of hydrogen-bond acceptors (Lipinski definition) is 7. The van der Waals surface area contributed by atoms with Crippen molar-refractivity contribution in [1.29, 1.82) is 0 Å². The summed E-state index contributed by atoms with van der Waals surface area (Å²) in [6.07, 6.45) is 6.68. The zero-order chi connectivity index (χ0) is 23.8. The van der Waals surface area contributed by atoms with E-state index in [1.807, 2.05) is 0 Å². The highest BCUT2D eigenvalue weighted by molar-refractivity contribution is 8.00. The monoisotopic (exact) mass is 479 g/mol. The van der Waals surface area contributed by atoms with Crippen LogP contribution in [-0.4, -0.2) is 46.1 Å². The van der Waals surface area contributed by atoms with Gasteiger partial charge in [-0.2, -0.15) is 0 Å². The fraction of sp³-hybridized carbons (Fsp3) is 0.348. The summed E-state index contributed by atoms with van der Waals surface area (Å²) in [5, 5.41) is 8.72. The first-order valence-electron chi connectivity index (χ1n) is 10.8. The largest absolute Gasteiger partial charge is 0.482 e. The van der Waals surface area contributed by atoms with E-state index >= 15 is 0 Å². The Hall–Kier alpha value is -3.78. The summed E-state index contributed by atoms with van der Waals surface area (Å²) in [4.78, 5) is 56.7. The van der Waals surface area contributed by atoms with E-state index in [0.29, 0.717) is 28.4 Å². The number of H-pyrrole nitrogens is 1. The zero-order valence-electron chi connectivity index (χ0n) is 18.0. The first-order chi connectivity index (χ1) is 16.4. The van der Waals surface area contributed by atoms with Crippen LogP contribution in [-0.2, 0) is 16.1 Å². The molecule has 0 spiro atoms. The molecule has 174 valence electrons. The molecule has 2 aromatic rings. The van der Waals surface area contributed by atoms with Crippen molar-refractivity contribution in [3.8, 4) is 18.1 Å². The molecule has 0 bridgehead atoms. The first-order valence-corrected chi connectivity index (χ1v) is 11.7. The van der Waals surface area contributed by atoms with Crippen LogP contribution in [0.1, 0.15) is 40.5 Å². The molecule has 1 saturated carbocycles. The predicted molar refractivity (Wildman–Crippen MR) is 124 cm³/mol. The third-order valence-corrected chi connectivity index (χ3v) is 7.53. The first kappa shape index (κ1) is 22.0. The van der Waals surface area contributed by atoms with Gasteiger partial charge in [0, 0.05) is 23.6 Å². The van der Waals surface area contributed by atoms with E-state index in [0.717, 1.165) is 12.0 Å². The molecule has 3 heterocycles. The van der Waals surface area contributed by atoms with Crippen molar-refractivity contribution in [2.45, 2.75) is 35.6 Å². The highest BCUT2D eigenvalue weighted by Gasteiger charge is 2.48. The van der Waals surface area contributed by atoms with E-state index in [1.165, 1.54) is 11.8 Å². The molecule has 1 aliphatic carbocycles. The number of rotatable bonds is 5. The minimum absolute atomic E-state index is 0.0313. The quantitative estimate of drug-likeness (QED) is 0.366. The number of fused-ring (bicyclic) bond motifs is 4. The van der Waals surface area contributed by atoms with Gasteiger partial charge in [0.1, 0.15) is 10.8 Å². The molecule has 3 unspecified atom stereocenters. The average Bonchev–Trinajstić information content (AvgIpc) is 3.39. The van der Waals surface area contributed by atoms with Crippen molar-refractivity contribution in [1.82, 2.24) is 20.6 Å². The van der Waals surface area contributed by atoms with Crippen LogP contribution < -0.4 is 26.2 Å².